The molecule has 3 nitrogen and oxygen atoms in total. The Morgan fingerprint density at radius 2 is 1.62 bits per heavy atom. The molecule has 1 aliphatic rings. The zero-order valence-corrected chi connectivity index (χ0v) is 12.8. The summed E-state index contributed by atoms with van der Waals surface area (Å²) in [6.07, 6.45) is 0. The van der Waals surface area contributed by atoms with Crippen LogP contribution >= 0.6 is 0 Å². The largest absolute Gasteiger partial charge is 0.369 e. The van der Waals surface area contributed by atoms with Gasteiger partial charge in [0.25, 0.3) is 0 Å². The van der Waals surface area contributed by atoms with E-state index in [1.54, 1.807) is 0 Å². The van der Waals surface area contributed by atoms with Gasteiger partial charge in [-0.05, 0) is 43.5 Å². The minimum absolute atomic E-state index is 0.235. The van der Waals surface area contributed by atoms with E-state index in [1.165, 1.54) is 16.7 Å². The van der Waals surface area contributed by atoms with Crippen molar-refractivity contribution in [1.82, 2.24) is 0 Å². The quantitative estimate of drug-likeness (QED) is 0.916. The molecule has 3 heteroatoms. The van der Waals surface area contributed by atoms with Gasteiger partial charge in [-0.3, -0.25) is 4.99 Å². The zero-order chi connectivity index (χ0) is 15.0. The van der Waals surface area contributed by atoms with Crippen molar-refractivity contribution in [3.63, 3.8) is 0 Å². The maximum absolute atomic E-state index is 6.22. The number of anilines is 1. The highest BCUT2D eigenvalue weighted by Crippen LogP contribution is 2.39. The minimum atomic E-state index is -0.235. The fourth-order valence-corrected chi connectivity index (χ4v) is 3.22. The third-order valence-corrected chi connectivity index (χ3v) is 4.35. The summed E-state index contributed by atoms with van der Waals surface area (Å²) in [5, 5.41) is 0. The molecule has 21 heavy (non-hydrogen) atoms. The number of rotatable bonds is 2. The molecular formula is C18H21N3. The number of benzene rings is 2. The van der Waals surface area contributed by atoms with E-state index in [4.69, 9.17) is 5.73 Å². The second kappa shape index (κ2) is 4.92. The Balaban J connectivity index is 2.16. The number of aryl methyl sites for hydroxylation is 2. The van der Waals surface area contributed by atoms with Crippen molar-refractivity contribution < 1.29 is 0 Å². The van der Waals surface area contributed by atoms with Gasteiger partial charge in [-0.2, -0.15) is 0 Å². The van der Waals surface area contributed by atoms with E-state index in [-0.39, 0.29) is 5.54 Å². The van der Waals surface area contributed by atoms with Crippen LogP contribution in [-0.4, -0.2) is 12.5 Å². The van der Waals surface area contributed by atoms with E-state index in [2.05, 4.69) is 67.1 Å². The van der Waals surface area contributed by atoms with Crippen molar-refractivity contribution in [2.75, 3.05) is 11.4 Å². The van der Waals surface area contributed by atoms with Crippen LogP contribution in [-0.2, 0) is 5.54 Å². The second-order valence-corrected chi connectivity index (χ2v) is 5.89. The van der Waals surface area contributed by atoms with Crippen LogP contribution in [0.3, 0.4) is 0 Å². The van der Waals surface area contributed by atoms with Gasteiger partial charge in [0.2, 0.25) is 0 Å². The third-order valence-electron chi connectivity index (χ3n) is 4.35. The molecule has 108 valence electrons. The molecule has 0 aliphatic carbocycles. The topological polar surface area (TPSA) is 41.6 Å². The third kappa shape index (κ3) is 2.09. The smallest absolute Gasteiger partial charge is 0.196 e. The first-order valence-corrected chi connectivity index (χ1v) is 7.26. The SMILES string of the molecule is Cc1ccccc1N1C(N)=NCC1(C)c1ccccc1C. The molecule has 0 amide bonds. The van der Waals surface area contributed by atoms with Gasteiger partial charge < -0.3 is 10.6 Å². The average Bonchev–Trinajstić information content (AvgIpc) is 2.77. The van der Waals surface area contributed by atoms with Crippen molar-refractivity contribution in [1.29, 1.82) is 0 Å². The molecule has 2 aromatic carbocycles. The predicted molar refractivity (Wildman–Crippen MR) is 88.7 cm³/mol. The lowest BCUT2D eigenvalue weighted by Crippen LogP contribution is -2.48. The molecule has 1 atom stereocenters. The summed E-state index contributed by atoms with van der Waals surface area (Å²) in [4.78, 5) is 6.70. The van der Waals surface area contributed by atoms with Gasteiger partial charge >= 0.3 is 0 Å². The molecule has 0 saturated heterocycles. The van der Waals surface area contributed by atoms with Crippen LogP contribution in [0.2, 0.25) is 0 Å². The highest BCUT2D eigenvalue weighted by Gasteiger charge is 2.41. The van der Waals surface area contributed by atoms with Crippen LogP contribution in [0.1, 0.15) is 23.6 Å². The van der Waals surface area contributed by atoms with Gasteiger partial charge in [0.05, 0.1) is 12.1 Å². The number of nitrogens with two attached hydrogens (primary N) is 1. The van der Waals surface area contributed by atoms with Gasteiger partial charge in [-0.25, -0.2) is 0 Å². The number of hydrogen-bond donors (Lipinski definition) is 1. The van der Waals surface area contributed by atoms with Crippen molar-refractivity contribution >= 4 is 11.6 Å². The number of hydrogen-bond acceptors (Lipinski definition) is 3. The standard InChI is InChI=1S/C18H21N3/c1-13-8-4-6-10-15(13)18(3)12-20-17(19)21(18)16-11-7-5-9-14(16)2/h4-11H,12H2,1-3H3,(H2,19,20). The predicted octanol–water partition coefficient (Wildman–Crippen LogP) is 3.35. The Morgan fingerprint density at radius 1 is 1.00 bits per heavy atom. The maximum Gasteiger partial charge on any atom is 0.196 e. The Labute approximate surface area is 126 Å². The van der Waals surface area contributed by atoms with Gasteiger partial charge in [-0.15, -0.1) is 0 Å². The first kappa shape index (κ1) is 13.7. The van der Waals surface area contributed by atoms with Crippen LogP contribution in [0.4, 0.5) is 5.69 Å². The van der Waals surface area contributed by atoms with E-state index >= 15 is 0 Å². The van der Waals surface area contributed by atoms with Crippen molar-refractivity contribution in [3.05, 3.63) is 65.2 Å². The minimum Gasteiger partial charge on any atom is -0.369 e. The van der Waals surface area contributed by atoms with Gasteiger partial charge in [0, 0.05) is 5.69 Å². The van der Waals surface area contributed by atoms with Crippen LogP contribution < -0.4 is 10.6 Å². The lowest BCUT2D eigenvalue weighted by atomic mass is 9.87. The summed E-state index contributed by atoms with van der Waals surface area (Å²) < 4.78 is 0. The molecule has 2 N–H and O–H groups in total. The number of guanidine groups is 1. The normalized spacial score (nSPS) is 21.5. The Kier molecular flexibility index (Phi) is 3.20. The van der Waals surface area contributed by atoms with E-state index < -0.39 is 0 Å². The van der Waals surface area contributed by atoms with Crippen LogP contribution in [0.25, 0.3) is 0 Å². The molecule has 2 aromatic rings. The van der Waals surface area contributed by atoms with E-state index in [1.807, 2.05) is 12.1 Å². The highest BCUT2D eigenvalue weighted by molar-refractivity contribution is 5.99. The fourth-order valence-electron chi connectivity index (χ4n) is 3.22. The maximum atomic E-state index is 6.22. The van der Waals surface area contributed by atoms with E-state index in [9.17, 15) is 0 Å². The van der Waals surface area contributed by atoms with Crippen molar-refractivity contribution in [3.8, 4) is 0 Å². The Morgan fingerprint density at radius 3 is 2.29 bits per heavy atom. The molecular weight excluding hydrogens is 258 g/mol. The lowest BCUT2D eigenvalue weighted by molar-refractivity contribution is 0.529. The Bertz CT molecular complexity index is 705. The first-order valence-electron chi connectivity index (χ1n) is 7.26. The van der Waals surface area contributed by atoms with Crippen LogP contribution in [0.15, 0.2) is 53.5 Å². The molecule has 3 rings (SSSR count). The molecule has 0 aromatic heterocycles. The number of aliphatic imine (C=N–C) groups is 1. The average molecular weight is 279 g/mol. The summed E-state index contributed by atoms with van der Waals surface area (Å²) in [6, 6.07) is 16.8. The Hall–Kier alpha value is -2.29. The number of nitrogens with zero attached hydrogens (tertiary/aromatic N) is 2. The second-order valence-electron chi connectivity index (χ2n) is 5.89. The molecule has 0 spiro atoms. The molecule has 0 fully saturated rings. The zero-order valence-electron chi connectivity index (χ0n) is 12.8. The molecule has 1 aliphatic heterocycles. The summed E-state index contributed by atoms with van der Waals surface area (Å²) in [5.74, 6) is 0.593. The first-order chi connectivity index (χ1) is 10.0. The van der Waals surface area contributed by atoms with Gasteiger partial charge in [-0.1, -0.05) is 42.5 Å². The molecule has 0 saturated carbocycles. The summed E-state index contributed by atoms with van der Waals surface area (Å²) in [7, 11) is 0. The van der Waals surface area contributed by atoms with Crippen molar-refractivity contribution in [2.45, 2.75) is 26.3 Å². The summed E-state index contributed by atoms with van der Waals surface area (Å²) >= 11 is 0. The van der Waals surface area contributed by atoms with Crippen LogP contribution in [0.5, 0.6) is 0 Å². The number of para-hydroxylation sites is 1. The van der Waals surface area contributed by atoms with Crippen molar-refractivity contribution in [2.24, 2.45) is 10.7 Å². The summed E-state index contributed by atoms with van der Waals surface area (Å²) in [5.41, 5.74) is 10.9. The van der Waals surface area contributed by atoms with E-state index in [0.29, 0.717) is 12.5 Å². The molecule has 1 heterocycles. The fraction of sp³-hybridized carbons (Fsp3) is 0.278. The van der Waals surface area contributed by atoms with Crippen LogP contribution in [0, 0.1) is 13.8 Å². The lowest BCUT2D eigenvalue weighted by Gasteiger charge is -2.38. The highest BCUT2D eigenvalue weighted by atomic mass is 15.4. The molecule has 0 bridgehead atoms. The molecule has 0 radical (unpaired) electrons. The van der Waals surface area contributed by atoms with Gasteiger partial charge in [0.15, 0.2) is 5.96 Å². The van der Waals surface area contributed by atoms with E-state index in [0.717, 1.165) is 5.69 Å². The molecule has 1 unspecified atom stereocenters. The van der Waals surface area contributed by atoms with Gasteiger partial charge in [0.1, 0.15) is 0 Å². The monoisotopic (exact) mass is 279 g/mol. The summed E-state index contributed by atoms with van der Waals surface area (Å²) in [6.45, 7) is 7.15.